The van der Waals surface area contributed by atoms with Crippen LogP contribution >= 0.6 is 0 Å². The molecule has 1 aliphatic rings. The molecule has 1 aliphatic heterocycles. The highest BCUT2D eigenvalue weighted by Gasteiger charge is 2.46. The average Bonchev–Trinajstić information content (AvgIpc) is 2.04. The van der Waals surface area contributed by atoms with Gasteiger partial charge in [-0.05, 0) is 18.8 Å². The van der Waals surface area contributed by atoms with Gasteiger partial charge in [0.05, 0.1) is 5.75 Å². The van der Waals surface area contributed by atoms with Crippen molar-refractivity contribution < 1.29 is 26.4 Å². The number of hydrogen-bond acceptors (Lipinski definition) is 3. The van der Waals surface area contributed by atoms with Crippen LogP contribution in [0.1, 0.15) is 12.8 Å². The fraction of sp³-hybridized carbons (Fsp3) is 0.875. The first kappa shape index (κ1) is 14.2. The first-order valence-corrected chi connectivity index (χ1v) is 6.68. The maximum atomic E-state index is 12.0. The predicted molar refractivity (Wildman–Crippen MR) is 53.3 cm³/mol. The number of halogens is 3. The summed E-state index contributed by atoms with van der Waals surface area (Å²) in [6.07, 6.45) is -4.07. The number of rotatable bonds is 4. The molecule has 1 saturated heterocycles. The summed E-state index contributed by atoms with van der Waals surface area (Å²) in [5, 5.41) is 4.77. The molecule has 0 bridgehead atoms. The van der Waals surface area contributed by atoms with Crippen molar-refractivity contribution in [2.45, 2.75) is 19.0 Å². The van der Waals surface area contributed by atoms with Crippen molar-refractivity contribution in [3.8, 4) is 0 Å². The molecule has 5 nitrogen and oxygen atoms in total. The molecule has 0 radical (unpaired) electrons. The number of likely N-dealkylation sites (tertiary alicyclic amines) is 1. The van der Waals surface area contributed by atoms with Crippen molar-refractivity contribution in [2.24, 2.45) is 11.1 Å². The van der Waals surface area contributed by atoms with Crippen molar-refractivity contribution in [1.29, 1.82) is 0 Å². The van der Waals surface area contributed by atoms with E-state index in [4.69, 9.17) is 5.14 Å². The van der Waals surface area contributed by atoms with Gasteiger partial charge < -0.3 is 4.90 Å². The predicted octanol–water partition coefficient (Wildman–Crippen LogP) is 0.0758. The SMILES string of the molecule is NS(=O)(=O)CCCC1CN(C(=O)C(F)(F)F)C1. The Morgan fingerprint density at radius 2 is 1.88 bits per heavy atom. The normalized spacial score (nSPS) is 18.0. The van der Waals surface area contributed by atoms with Crippen LogP contribution in [0.4, 0.5) is 13.2 Å². The van der Waals surface area contributed by atoms with Crippen LogP contribution in [0.5, 0.6) is 0 Å². The molecule has 1 fully saturated rings. The number of sulfonamides is 1. The van der Waals surface area contributed by atoms with Crippen molar-refractivity contribution in [2.75, 3.05) is 18.8 Å². The van der Waals surface area contributed by atoms with E-state index in [0.29, 0.717) is 17.7 Å². The monoisotopic (exact) mass is 274 g/mol. The maximum absolute atomic E-state index is 12.0. The molecule has 0 aliphatic carbocycles. The van der Waals surface area contributed by atoms with Crippen LogP contribution in [0.25, 0.3) is 0 Å². The molecule has 0 spiro atoms. The molecule has 0 aromatic carbocycles. The Bertz CT molecular complexity index is 387. The van der Waals surface area contributed by atoms with Crippen LogP contribution in [-0.4, -0.2) is 44.2 Å². The number of amides is 1. The molecule has 1 heterocycles. The Morgan fingerprint density at radius 3 is 2.29 bits per heavy atom. The molecule has 0 atom stereocenters. The summed E-state index contributed by atoms with van der Waals surface area (Å²) >= 11 is 0. The second kappa shape index (κ2) is 4.81. The first-order chi connectivity index (χ1) is 7.59. The minimum Gasteiger partial charge on any atom is -0.334 e. The van der Waals surface area contributed by atoms with E-state index in [2.05, 4.69) is 0 Å². The van der Waals surface area contributed by atoms with E-state index in [-0.39, 0.29) is 24.8 Å². The Labute approximate surface area is 96.8 Å². The van der Waals surface area contributed by atoms with Crippen molar-refractivity contribution in [3.63, 3.8) is 0 Å². The molecule has 0 unspecified atom stereocenters. The number of nitrogens with zero attached hydrogens (tertiary/aromatic N) is 1. The van der Waals surface area contributed by atoms with Gasteiger partial charge in [0, 0.05) is 13.1 Å². The van der Waals surface area contributed by atoms with E-state index in [1.807, 2.05) is 0 Å². The van der Waals surface area contributed by atoms with Crippen molar-refractivity contribution in [1.82, 2.24) is 4.90 Å². The van der Waals surface area contributed by atoms with Gasteiger partial charge in [-0.3, -0.25) is 4.79 Å². The van der Waals surface area contributed by atoms with E-state index in [9.17, 15) is 26.4 Å². The van der Waals surface area contributed by atoms with Crippen LogP contribution in [0.15, 0.2) is 0 Å². The number of hydrogen-bond donors (Lipinski definition) is 1. The maximum Gasteiger partial charge on any atom is 0.471 e. The van der Waals surface area contributed by atoms with E-state index in [0.717, 1.165) is 0 Å². The zero-order valence-corrected chi connectivity index (χ0v) is 9.72. The number of nitrogens with two attached hydrogens (primary N) is 1. The van der Waals surface area contributed by atoms with Crippen LogP contribution in [-0.2, 0) is 14.8 Å². The molecule has 17 heavy (non-hydrogen) atoms. The lowest BCUT2D eigenvalue weighted by atomic mass is 9.95. The van der Waals surface area contributed by atoms with Crippen LogP contribution in [0.2, 0.25) is 0 Å². The highest BCUT2D eigenvalue weighted by Crippen LogP contribution is 2.26. The van der Waals surface area contributed by atoms with Gasteiger partial charge in [0.1, 0.15) is 0 Å². The molecule has 2 N–H and O–H groups in total. The third-order valence-corrected chi connectivity index (χ3v) is 3.39. The van der Waals surface area contributed by atoms with E-state index >= 15 is 0 Å². The van der Waals surface area contributed by atoms with Crippen LogP contribution in [0, 0.1) is 5.92 Å². The molecule has 100 valence electrons. The summed E-state index contributed by atoms with van der Waals surface area (Å²) in [4.78, 5) is 11.4. The van der Waals surface area contributed by atoms with E-state index in [1.165, 1.54) is 0 Å². The van der Waals surface area contributed by atoms with Gasteiger partial charge in [-0.15, -0.1) is 0 Å². The van der Waals surface area contributed by atoms with E-state index in [1.54, 1.807) is 0 Å². The van der Waals surface area contributed by atoms with Gasteiger partial charge in [0.2, 0.25) is 10.0 Å². The molecule has 1 amide bonds. The number of carbonyl (C=O) groups excluding carboxylic acids is 1. The zero-order chi connectivity index (χ0) is 13.3. The summed E-state index contributed by atoms with van der Waals surface area (Å²) in [6, 6.07) is 0. The van der Waals surface area contributed by atoms with Crippen molar-refractivity contribution >= 4 is 15.9 Å². The lowest BCUT2D eigenvalue weighted by molar-refractivity contribution is -0.191. The smallest absolute Gasteiger partial charge is 0.334 e. The first-order valence-electron chi connectivity index (χ1n) is 4.96. The summed E-state index contributed by atoms with van der Waals surface area (Å²) in [7, 11) is -3.52. The Hall–Kier alpha value is -0.830. The van der Waals surface area contributed by atoms with Gasteiger partial charge in [-0.2, -0.15) is 13.2 Å². The molecule has 1 rings (SSSR count). The topological polar surface area (TPSA) is 80.5 Å². The molecule has 0 saturated carbocycles. The fourth-order valence-electron chi connectivity index (χ4n) is 1.67. The fourth-order valence-corrected chi connectivity index (χ4v) is 2.24. The van der Waals surface area contributed by atoms with Gasteiger partial charge in [-0.1, -0.05) is 0 Å². The highest BCUT2D eigenvalue weighted by atomic mass is 32.2. The van der Waals surface area contributed by atoms with Crippen LogP contribution < -0.4 is 5.14 Å². The molecular weight excluding hydrogens is 261 g/mol. The summed E-state index contributed by atoms with van der Waals surface area (Å²) in [6.45, 7) is 0.0614. The molecule has 0 aromatic heterocycles. The number of carbonyl (C=O) groups is 1. The summed E-state index contributed by atoms with van der Waals surface area (Å²) in [5.74, 6) is -2.08. The standard InChI is InChI=1S/C8H13F3N2O3S/c9-8(10,11)7(14)13-4-6(5-13)2-1-3-17(12,15)16/h6H,1-5H2,(H2,12,15,16). The van der Waals surface area contributed by atoms with Crippen molar-refractivity contribution in [3.05, 3.63) is 0 Å². The molecular formula is C8H13F3N2O3S. The average molecular weight is 274 g/mol. The number of primary sulfonamides is 1. The second-order valence-corrected chi connectivity index (χ2v) is 5.82. The largest absolute Gasteiger partial charge is 0.471 e. The Balaban J connectivity index is 2.22. The van der Waals surface area contributed by atoms with Gasteiger partial charge in [0.25, 0.3) is 0 Å². The van der Waals surface area contributed by atoms with Gasteiger partial charge in [0.15, 0.2) is 0 Å². The van der Waals surface area contributed by atoms with Gasteiger partial charge >= 0.3 is 12.1 Å². The summed E-state index contributed by atoms with van der Waals surface area (Å²) < 4.78 is 57.1. The zero-order valence-electron chi connectivity index (χ0n) is 8.90. The third-order valence-electron chi connectivity index (χ3n) is 2.53. The highest BCUT2D eigenvalue weighted by molar-refractivity contribution is 7.89. The molecule has 9 heteroatoms. The Morgan fingerprint density at radius 1 is 1.35 bits per heavy atom. The Kier molecular flexibility index (Phi) is 4.03. The van der Waals surface area contributed by atoms with Crippen LogP contribution in [0.3, 0.4) is 0 Å². The minimum absolute atomic E-state index is 0.0307. The second-order valence-electron chi connectivity index (χ2n) is 4.08. The van der Waals surface area contributed by atoms with Gasteiger partial charge in [-0.25, -0.2) is 13.6 Å². The lowest BCUT2D eigenvalue weighted by Crippen LogP contribution is -2.54. The van der Waals surface area contributed by atoms with E-state index < -0.39 is 22.1 Å². The third kappa shape index (κ3) is 4.50. The quantitative estimate of drug-likeness (QED) is 0.788. The summed E-state index contributed by atoms with van der Waals surface area (Å²) in [5.41, 5.74) is 0. The molecule has 0 aromatic rings. The lowest BCUT2D eigenvalue weighted by Gasteiger charge is -2.39. The minimum atomic E-state index is -4.83. The number of alkyl halides is 3.